The summed E-state index contributed by atoms with van der Waals surface area (Å²) in [7, 11) is 5.33. The monoisotopic (exact) mass is 429 g/mol. The van der Waals surface area contributed by atoms with E-state index in [1.54, 1.807) is 26.1 Å². The van der Waals surface area contributed by atoms with E-state index in [4.69, 9.17) is 4.74 Å². The second kappa shape index (κ2) is 11.0. The Morgan fingerprint density at radius 1 is 1.13 bits per heavy atom. The average molecular weight is 430 g/mol. The summed E-state index contributed by atoms with van der Waals surface area (Å²) in [6.07, 6.45) is 6.40. The van der Waals surface area contributed by atoms with Gasteiger partial charge < -0.3 is 19.4 Å². The maximum atomic E-state index is 12.7. The van der Waals surface area contributed by atoms with Crippen LogP contribution in [0.1, 0.15) is 50.2 Å². The van der Waals surface area contributed by atoms with Crippen molar-refractivity contribution in [1.29, 1.82) is 0 Å². The molecule has 1 aliphatic heterocycles. The summed E-state index contributed by atoms with van der Waals surface area (Å²) >= 11 is 0. The fourth-order valence-corrected chi connectivity index (χ4v) is 5.08. The summed E-state index contributed by atoms with van der Waals surface area (Å²) < 4.78 is 5.36. The fraction of sp³-hybridized carbons (Fsp3) is 0.680. The van der Waals surface area contributed by atoms with Crippen molar-refractivity contribution in [2.45, 2.75) is 57.9 Å². The van der Waals surface area contributed by atoms with Crippen molar-refractivity contribution < 1.29 is 14.3 Å². The zero-order chi connectivity index (χ0) is 22.4. The van der Waals surface area contributed by atoms with Crippen LogP contribution in [0.4, 0.5) is 0 Å². The van der Waals surface area contributed by atoms with Gasteiger partial charge in [0, 0.05) is 45.6 Å². The Kier molecular flexibility index (Phi) is 8.35. The molecule has 0 bridgehead atoms. The van der Waals surface area contributed by atoms with Crippen molar-refractivity contribution in [3.63, 3.8) is 0 Å². The van der Waals surface area contributed by atoms with Crippen LogP contribution in [0.3, 0.4) is 0 Å². The maximum Gasteiger partial charge on any atom is 0.225 e. The lowest BCUT2D eigenvalue weighted by atomic mass is 9.87. The van der Waals surface area contributed by atoms with Crippen molar-refractivity contribution in [2.24, 2.45) is 5.92 Å². The van der Waals surface area contributed by atoms with Gasteiger partial charge in [0.05, 0.1) is 7.11 Å². The number of amides is 2. The van der Waals surface area contributed by atoms with E-state index >= 15 is 0 Å². The average Bonchev–Trinajstić information content (AvgIpc) is 2.80. The molecule has 2 aliphatic rings. The number of ether oxygens (including phenoxy) is 1. The molecule has 6 nitrogen and oxygen atoms in total. The number of carbonyl (C=O) groups is 2. The quantitative estimate of drug-likeness (QED) is 0.638. The van der Waals surface area contributed by atoms with Crippen molar-refractivity contribution in [2.75, 3.05) is 47.4 Å². The minimum atomic E-state index is 0.0729. The van der Waals surface area contributed by atoms with Gasteiger partial charge in [-0.3, -0.25) is 9.59 Å². The lowest BCUT2D eigenvalue weighted by Gasteiger charge is -2.35. The first kappa shape index (κ1) is 23.6. The summed E-state index contributed by atoms with van der Waals surface area (Å²) in [6, 6.07) is 7.00. The van der Waals surface area contributed by atoms with Crippen molar-refractivity contribution >= 4 is 11.8 Å². The molecule has 0 spiro atoms. The zero-order valence-corrected chi connectivity index (χ0v) is 19.7. The second-order valence-corrected chi connectivity index (χ2v) is 9.15. The van der Waals surface area contributed by atoms with Crippen LogP contribution in [0.5, 0.6) is 5.75 Å². The molecule has 172 valence electrons. The fourth-order valence-electron chi connectivity index (χ4n) is 5.08. The number of hydrogen-bond donors (Lipinski definition) is 0. The number of nitrogens with zero attached hydrogens (tertiary/aromatic N) is 3. The second-order valence-electron chi connectivity index (χ2n) is 9.15. The number of fused-ring (bicyclic) bond motifs is 1. The molecule has 0 saturated carbocycles. The number of rotatable bonds is 8. The van der Waals surface area contributed by atoms with Crippen LogP contribution in [-0.2, 0) is 22.4 Å². The highest BCUT2D eigenvalue weighted by atomic mass is 16.5. The Balaban J connectivity index is 1.43. The number of likely N-dealkylation sites (tertiary alicyclic amines) is 1. The number of carbonyl (C=O) groups excluding carboxylic acids is 2. The van der Waals surface area contributed by atoms with Gasteiger partial charge in [-0.2, -0.15) is 0 Å². The lowest BCUT2D eigenvalue weighted by molar-refractivity contribution is -0.139. The highest BCUT2D eigenvalue weighted by Gasteiger charge is 2.28. The lowest BCUT2D eigenvalue weighted by Crippen LogP contribution is -2.43. The Hall–Kier alpha value is -2.08. The highest BCUT2D eigenvalue weighted by Crippen LogP contribution is 2.28. The zero-order valence-electron chi connectivity index (χ0n) is 19.7. The molecular formula is C25H39N3O3. The molecule has 6 heteroatoms. The molecule has 1 aromatic rings. The molecule has 1 saturated heterocycles. The SMILES string of the molecule is CCN(CCCC(=O)N1CCC(C(=O)N(C)C)CC1)C1CCc2cc(OC)ccc2C1. The number of piperidine rings is 1. The number of likely N-dealkylation sites (N-methyl/N-ethyl adjacent to an activating group) is 1. The van der Waals surface area contributed by atoms with Crippen LogP contribution in [-0.4, -0.2) is 79.9 Å². The van der Waals surface area contributed by atoms with Crippen LogP contribution in [0, 0.1) is 5.92 Å². The molecule has 3 rings (SSSR count). The van der Waals surface area contributed by atoms with Gasteiger partial charge >= 0.3 is 0 Å². The molecule has 0 radical (unpaired) electrons. The predicted octanol–water partition coefficient (Wildman–Crippen LogP) is 2.98. The molecule has 0 aromatic heterocycles. The summed E-state index contributed by atoms with van der Waals surface area (Å²) in [5.74, 6) is 1.45. The molecule has 1 unspecified atom stereocenters. The number of hydrogen-bond acceptors (Lipinski definition) is 4. The highest BCUT2D eigenvalue weighted by molar-refractivity contribution is 5.79. The molecule has 31 heavy (non-hydrogen) atoms. The molecule has 1 atom stereocenters. The first-order valence-electron chi connectivity index (χ1n) is 11.8. The van der Waals surface area contributed by atoms with Gasteiger partial charge in [-0.25, -0.2) is 0 Å². The molecule has 1 heterocycles. The Morgan fingerprint density at radius 3 is 2.52 bits per heavy atom. The Morgan fingerprint density at radius 2 is 1.87 bits per heavy atom. The summed E-state index contributed by atoms with van der Waals surface area (Å²) in [5.41, 5.74) is 2.85. The van der Waals surface area contributed by atoms with Gasteiger partial charge in [0.1, 0.15) is 5.75 Å². The third-order valence-electron chi connectivity index (χ3n) is 7.01. The van der Waals surface area contributed by atoms with Crippen molar-refractivity contribution in [3.05, 3.63) is 29.3 Å². The van der Waals surface area contributed by atoms with E-state index in [1.807, 2.05) is 4.90 Å². The van der Waals surface area contributed by atoms with Crippen LogP contribution >= 0.6 is 0 Å². The van der Waals surface area contributed by atoms with Gasteiger partial charge in [-0.1, -0.05) is 13.0 Å². The topological polar surface area (TPSA) is 53.1 Å². The third kappa shape index (κ3) is 6.00. The molecular weight excluding hydrogens is 390 g/mol. The van der Waals surface area contributed by atoms with Gasteiger partial charge in [0.2, 0.25) is 11.8 Å². The largest absolute Gasteiger partial charge is 0.497 e. The Labute approximate surface area is 187 Å². The van der Waals surface area contributed by atoms with Crippen LogP contribution < -0.4 is 4.74 Å². The number of aryl methyl sites for hydroxylation is 1. The molecule has 1 fully saturated rings. The third-order valence-corrected chi connectivity index (χ3v) is 7.01. The van der Waals surface area contributed by atoms with Gasteiger partial charge in [0.25, 0.3) is 0 Å². The summed E-state index contributed by atoms with van der Waals surface area (Å²) in [5, 5.41) is 0. The molecule has 1 aliphatic carbocycles. The van der Waals surface area contributed by atoms with E-state index in [0.717, 1.165) is 57.4 Å². The molecule has 0 N–H and O–H groups in total. The normalized spacial score (nSPS) is 19.3. The van der Waals surface area contributed by atoms with Gasteiger partial charge in [-0.05, 0) is 74.9 Å². The van der Waals surface area contributed by atoms with Gasteiger partial charge in [-0.15, -0.1) is 0 Å². The van der Waals surface area contributed by atoms with Crippen LogP contribution in [0.2, 0.25) is 0 Å². The van der Waals surface area contributed by atoms with Gasteiger partial charge in [0.15, 0.2) is 0 Å². The number of methoxy groups -OCH3 is 1. The van der Waals surface area contributed by atoms with E-state index in [1.165, 1.54) is 11.1 Å². The van der Waals surface area contributed by atoms with E-state index in [0.29, 0.717) is 25.6 Å². The molecule has 2 amide bonds. The predicted molar refractivity (Wildman–Crippen MR) is 123 cm³/mol. The first-order valence-corrected chi connectivity index (χ1v) is 11.8. The summed E-state index contributed by atoms with van der Waals surface area (Å²) in [6.45, 7) is 5.63. The van der Waals surface area contributed by atoms with E-state index in [2.05, 4.69) is 30.0 Å². The minimum absolute atomic E-state index is 0.0729. The number of benzene rings is 1. The Bertz CT molecular complexity index is 756. The smallest absolute Gasteiger partial charge is 0.225 e. The van der Waals surface area contributed by atoms with Crippen molar-refractivity contribution in [3.8, 4) is 5.75 Å². The van der Waals surface area contributed by atoms with E-state index < -0.39 is 0 Å². The summed E-state index contributed by atoms with van der Waals surface area (Å²) in [4.78, 5) is 31.0. The minimum Gasteiger partial charge on any atom is -0.497 e. The van der Waals surface area contributed by atoms with E-state index in [-0.39, 0.29) is 17.7 Å². The van der Waals surface area contributed by atoms with Crippen LogP contribution in [0.25, 0.3) is 0 Å². The van der Waals surface area contributed by atoms with Crippen LogP contribution in [0.15, 0.2) is 18.2 Å². The van der Waals surface area contributed by atoms with Crippen molar-refractivity contribution in [1.82, 2.24) is 14.7 Å². The first-order chi connectivity index (χ1) is 14.9. The van der Waals surface area contributed by atoms with E-state index in [9.17, 15) is 9.59 Å². The molecule has 1 aromatic carbocycles. The standard InChI is InChI=1S/C25H39N3O3/c1-5-27(22-10-8-21-18-23(31-4)11-9-20(21)17-22)14-6-7-24(29)28-15-12-19(13-16-28)25(30)26(2)3/h9,11,18-19,22H,5-8,10,12-17H2,1-4H3. The maximum absolute atomic E-state index is 12.7.